The number of carbonyl (C=O) groups excluding carboxylic acids is 3. The van der Waals surface area contributed by atoms with E-state index in [2.05, 4.69) is 5.32 Å². The maximum atomic E-state index is 11.8. The van der Waals surface area contributed by atoms with Crippen LogP contribution in [0, 0.1) is 5.92 Å². The number of cyclic esters (lactones) is 1. The van der Waals surface area contributed by atoms with Crippen LogP contribution in [0.2, 0.25) is 0 Å². The Morgan fingerprint density at radius 2 is 2.22 bits per heavy atom. The summed E-state index contributed by atoms with van der Waals surface area (Å²) in [7, 11) is 0. The molecule has 1 fully saturated rings. The number of carbonyl (C=O) groups is 3. The highest BCUT2D eigenvalue weighted by Gasteiger charge is 2.37. The number of nitrogens with zero attached hydrogens (tertiary/aromatic N) is 1. The van der Waals surface area contributed by atoms with Crippen LogP contribution in [-0.2, 0) is 14.3 Å². The predicted molar refractivity (Wildman–Crippen MR) is 63.5 cm³/mol. The fourth-order valence-electron chi connectivity index (χ4n) is 1.69. The van der Waals surface area contributed by atoms with Crippen LogP contribution in [-0.4, -0.2) is 48.5 Å². The molecular weight excluding hydrogens is 238 g/mol. The summed E-state index contributed by atoms with van der Waals surface area (Å²) in [5.74, 6) is -0.549. The molecule has 0 aromatic rings. The van der Waals surface area contributed by atoms with Crippen molar-refractivity contribution in [3.05, 3.63) is 0 Å². The lowest BCUT2D eigenvalue weighted by Crippen LogP contribution is -2.47. The Morgan fingerprint density at radius 1 is 1.56 bits per heavy atom. The molecule has 3 amide bonds. The van der Waals surface area contributed by atoms with Crippen molar-refractivity contribution in [3.63, 3.8) is 0 Å². The zero-order valence-corrected chi connectivity index (χ0v) is 10.6. The SMILES string of the molecule is CC(C)CN1C(=O)OC[C@H]1C(=O)NCCC(N)=O. The maximum absolute atomic E-state index is 11.8. The Balaban J connectivity index is 2.50. The number of nitrogens with two attached hydrogens (primary N) is 1. The first-order valence-corrected chi connectivity index (χ1v) is 5.91. The second-order valence-electron chi connectivity index (χ2n) is 4.65. The summed E-state index contributed by atoms with van der Waals surface area (Å²) in [4.78, 5) is 35.2. The zero-order valence-electron chi connectivity index (χ0n) is 10.6. The quantitative estimate of drug-likeness (QED) is 0.666. The van der Waals surface area contributed by atoms with Crippen LogP contribution in [0.5, 0.6) is 0 Å². The molecule has 0 saturated carbocycles. The molecule has 0 unspecified atom stereocenters. The maximum Gasteiger partial charge on any atom is 0.410 e. The van der Waals surface area contributed by atoms with Gasteiger partial charge in [0, 0.05) is 19.5 Å². The zero-order chi connectivity index (χ0) is 13.7. The molecule has 7 nitrogen and oxygen atoms in total. The summed E-state index contributed by atoms with van der Waals surface area (Å²) in [5, 5.41) is 2.57. The number of primary amides is 1. The minimum Gasteiger partial charge on any atom is -0.447 e. The van der Waals surface area contributed by atoms with E-state index in [-0.39, 0.29) is 31.4 Å². The van der Waals surface area contributed by atoms with Crippen molar-refractivity contribution in [1.29, 1.82) is 0 Å². The van der Waals surface area contributed by atoms with Gasteiger partial charge in [0.1, 0.15) is 12.6 Å². The average molecular weight is 257 g/mol. The van der Waals surface area contributed by atoms with Crippen molar-refractivity contribution >= 4 is 17.9 Å². The lowest BCUT2D eigenvalue weighted by molar-refractivity contribution is -0.125. The number of hydrogen-bond acceptors (Lipinski definition) is 4. The standard InChI is InChI=1S/C11H19N3O4/c1-7(2)5-14-8(6-18-11(14)17)10(16)13-4-3-9(12)15/h7-8H,3-6H2,1-2H3,(H2,12,15)(H,13,16)/t8-/m0/s1. The summed E-state index contributed by atoms with van der Waals surface area (Å²) in [5.41, 5.74) is 4.97. The third kappa shape index (κ3) is 3.90. The highest BCUT2D eigenvalue weighted by molar-refractivity contribution is 5.88. The van der Waals surface area contributed by atoms with E-state index in [1.807, 2.05) is 13.8 Å². The molecule has 0 aromatic carbocycles. The van der Waals surface area contributed by atoms with Gasteiger partial charge in [-0.15, -0.1) is 0 Å². The van der Waals surface area contributed by atoms with Gasteiger partial charge in [-0.25, -0.2) is 4.79 Å². The van der Waals surface area contributed by atoms with Gasteiger partial charge in [-0.05, 0) is 5.92 Å². The molecule has 1 aliphatic rings. The third-order valence-electron chi connectivity index (χ3n) is 2.51. The van der Waals surface area contributed by atoms with Crippen LogP contribution < -0.4 is 11.1 Å². The van der Waals surface area contributed by atoms with Crippen molar-refractivity contribution < 1.29 is 19.1 Å². The van der Waals surface area contributed by atoms with Crippen LogP contribution in [0.1, 0.15) is 20.3 Å². The first kappa shape index (κ1) is 14.3. The van der Waals surface area contributed by atoms with Crippen molar-refractivity contribution in [2.75, 3.05) is 19.7 Å². The Morgan fingerprint density at radius 3 is 2.78 bits per heavy atom. The van der Waals surface area contributed by atoms with Crippen LogP contribution in [0.3, 0.4) is 0 Å². The lowest BCUT2D eigenvalue weighted by Gasteiger charge is -2.22. The molecule has 18 heavy (non-hydrogen) atoms. The molecule has 7 heteroatoms. The van der Waals surface area contributed by atoms with Crippen LogP contribution in [0.4, 0.5) is 4.79 Å². The Kier molecular flexibility index (Phi) is 4.94. The predicted octanol–water partition coefficient (Wildman–Crippen LogP) is -0.545. The molecule has 1 atom stereocenters. The Labute approximate surface area is 106 Å². The molecule has 3 N–H and O–H groups in total. The largest absolute Gasteiger partial charge is 0.447 e. The minimum atomic E-state index is -0.618. The topological polar surface area (TPSA) is 102 Å². The van der Waals surface area contributed by atoms with E-state index in [4.69, 9.17) is 10.5 Å². The van der Waals surface area contributed by atoms with E-state index in [0.29, 0.717) is 6.54 Å². The summed E-state index contributed by atoms with van der Waals surface area (Å²) in [6.45, 7) is 4.59. The summed E-state index contributed by atoms with van der Waals surface area (Å²) >= 11 is 0. The molecule has 0 radical (unpaired) electrons. The summed E-state index contributed by atoms with van der Waals surface area (Å²) in [6, 6.07) is -0.618. The highest BCUT2D eigenvalue weighted by Crippen LogP contribution is 2.14. The molecule has 1 saturated heterocycles. The fraction of sp³-hybridized carbons (Fsp3) is 0.727. The molecule has 1 rings (SSSR count). The van der Waals surface area contributed by atoms with Gasteiger partial charge in [0.15, 0.2) is 0 Å². The van der Waals surface area contributed by atoms with Gasteiger partial charge in [0.05, 0.1) is 0 Å². The number of hydrogen-bond donors (Lipinski definition) is 2. The molecule has 0 spiro atoms. The van der Waals surface area contributed by atoms with Crippen LogP contribution >= 0.6 is 0 Å². The van der Waals surface area contributed by atoms with Crippen molar-refractivity contribution in [2.24, 2.45) is 11.7 Å². The van der Waals surface area contributed by atoms with E-state index >= 15 is 0 Å². The second-order valence-corrected chi connectivity index (χ2v) is 4.65. The first-order chi connectivity index (χ1) is 8.41. The molecule has 1 aliphatic heterocycles. The third-order valence-corrected chi connectivity index (χ3v) is 2.51. The molecule has 102 valence electrons. The minimum absolute atomic E-state index is 0.0496. The number of rotatable bonds is 6. The first-order valence-electron chi connectivity index (χ1n) is 5.91. The molecule has 0 bridgehead atoms. The van der Waals surface area contributed by atoms with Gasteiger partial charge in [-0.2, -0.15) is 0 Å². The number of ether oxygens (including phenoxy) is 1. The van der Waals surface area contributed by atoms with E-state index in [0.717, 1.165) is 0 Å². The van der Waals surface area contributed by atoms with Crippen LogP contribution in [0.15, 0.2) is 0 Å². The van der Waals surface area contributed by atoms with Crippen molar-refractivity contribution in [2.45, 2.75) is 26.3 Å². The van der Waals surface area contributed by atoms with E-state index < -0.39 is 18.0 Å². The second kappa shape index (κ2) is 6.23. The Hall–Kier alpha value is -1.79. The van der Waals surface area contributed by atoms with Gasteiger partial charge in [0.2, 0.25) is 11.8 Å². The highest BCUT2D eigenvalue weighted by atomic mass is 16.6. The normalized spacial score (nSPS) is 18.9. The Bertz CT molecular complexity index is 343. The number of amides is 3. The van der Waals surface area contributed by atoms with Gasteiger partial charge in [-0.1, -0.05) is 13.8 Å². The smallest absolute Gasteiger partial charge is 0.410 e. The van der Waals surface area contributed by atoms with Gasteiger partial charge in [0.25, 0.3) is 0 Å². The van der Waals surface area contributed by atoms with E-state index in [1.54, 1.807) is 0 Å². The van der Waals surface area contributed by atoms with Crippen molar-refractivity contribution in [1.82, 2.24) is 10.2 Å². The molecule has 0 aromatic heterocycles. The molecule has 0 aliphatic carbocycles. The van der Waals surface area contributed by atoms with E-state index in [9.17, 15) is 14.4 Å². The van der Waals surface area contributed by atoms with Gasteiger partial charge in [-0.3, -0.25) is 14.5 Å². The van der Waals surface area contributed by atoms with Crippen molar-refractivity contribution in [3.8, 4) is 0 Å². The average Bonchev–Trinajstić information content (AvgIpc) is 2.59. The van der Waals surface area contributed by atoms with Gasteiger partial charge < -0.3 is 15.8 Å². The lowest BCUT2D eigenvalue weighted by atomic mass is 10.1. The molecule has 1 heterocycles. The summed E-state index contributed by atoms with van der Waals surface area (Å²) < 4.78 is 4.86. The number of nitrogens with one attached hydrogen (secondary N) is 1. The van der Waals surface area contributed by atoms with Crippen LogP contribution in [0.25, 0.3) is 0 Å². The summed E-state index contributed by atoms with van der Waals surface area (Å²) in [6.07, 6.45) is -0.393. The molecular formula is C11H19N3O4. The monoisotopic (exact) mass is 257 g/mol. The van der Waals surface area contributed by atoms with E-state index in [1.165, 1.54) is 4.90 Å². The fourth-order valence-corrected chi connectivity index (χ4v) is 1.69. The van der Waals surface area contributed by atoms with Gasteiger partial charge >= 0.3 is 6.09 Å².